The standard InChI is InChI=1S/C20H10Cl2N2O2S/c21-13-5-3-4-12(18(13)22)16-9-8-11(26-16)10-17-19(25)24-15-7-2-1-6-14(15)23-20(24)27-17/h1-10H/b17-10+. The van der Waals surface area contributed by atoms with Crippen molar-refractivity contribution in [1.29, 1.82) is 0 Å². The summed E-state index contributed by atoms with van der Waals surface area (Å²) in [5.41, 5.74) is 2.21. The maximum atomic E-state index is 12.8. The van der Waals surface area contributed by atoms with Crippen molar-refractivity contribution in [3.63, 3.8) is 0 Å². The van der Waals surface area contributed by atoms with Gasteiger partial charge >= 0.3 is 0 Å². The van der Waals surface area contributed by atoms with Gasteiger partial charge in [0.2, 0.25) is 0 Å². The summed E-state index contributed by atoms with van der Waals surface area (Å²) in [7, 11) is 0. The summed E-state index contributed by atoms with van der Waals surface area (Å²) in [5.74, 6) is 1.15. The molecule has 132 valence electrons. The van der Waals surface area contributed by atoms with Crippen LogP contribution in [0.2, 0.25) is 10.0 Å². The minimum atomic E-state index is -0.109. The smallest absolute Gasteiger partial charge is 0.275 e. The number of thiazole rings is 1. The number of fused-ring (bicyclic) bond motifs is 3. The zero-order chi connectivity index (χ0) is 18.5. The number of hydrogen-bond donors (Lipinski definition) is 0. The summed E-state index contributed by atoms with van der Waals surface area (Å²) in [4.78, 5) is 18.0. The minimum absolute atomic E-state index is 0.109. The Morgan fingerprint density at radius 1 is 1.04 bits per heavy atom. The van der Waals surface area contributed by atoms with Crippen LogP contribution in [0, 0.1) is 0 Å². The van der Waals surface area contributed by atoms with Gasteiger partial charge in [0, 0.05) is 11.6 Å². The average Bonchev–Trinajstić information content (AvgIpc) is 3.34. The van der Waals surface area contributed by atoms with E-state index in [1.165, 1.54) is 11.3 Å². The third-order valence-electron chi connectivity index (χ3n) is 4.26. The topological polar surface area (TPSA) is 47.5 Å². The lowest BCUT2D eigenvalue weighted by atomic mass is 10.2. The van der Waals surface area contributed by atoms with Crippen molar-refractivity contribution in [3.05, 3.63) is 85.3 Å². The third-order valence-corrected chi connectivity index (χ3v) is 6.05. The first-order valence-corrected chi connectivity index (χ1v) is 9.65. The predicted molar refractivity (Wildman–Crippen MR) is 110 cm³/mol. The number of imidazole rings is 1. The van der Waals surface area contributed by atoms with Crippen molar-refractivity contribution in [2.45, 2.75) is 0 Å². The first-order valence-electron chi connectivity index (χ1n) is 8.08. The third kappa shape index (κ3) is 2.67. The fraction of sp³-hybridized carbons (Fsp3) is 0. The molecule has 0 atom stereocenters. The lowest BCUT2D eigenvalue weighted by Gasteiger charge is -2.01. The number of aromatic nitrogens is 2. The van der Waals surface area contributed by atoms with E-state index in [1.54, 1.807) is 22.6 Å². The van der Waals surface area contributed by atoms with E-state index in [1.807, 2.05) is 42.5 Å². The van der Waals surface area contributed by atoms with Gasteiger partial charge in [-0.05, 0) is 36.4 Å². The summed E-state index contributed by atoms with van der Waals surface area (Å²) >= 11 is 13.7. The number of nitrogens with zero attached hydrogens (tertiary/aromatic N) is 2. The van der Waals surface area contributed by atoms with Crippen LogP contribution in [-0.2, 0) is 0 Å². The Labute approximate surface area is 166 Å². The predicted octanol–water partition coefficient (Wildman–Crippen LogP) is 5.02. The number of hydrogen-bond acceptors (Lipinski definition) is 4. The molecule has 2 aromatic carbocycles. The molecule has 0 aliphatic heterocycles. The number of benzene rings is 2. The van der Waals surface area contributed by atoms with Crippen LogP contribution in [0.4, 0.5) is 0 Å². The first-order chi connectivity index (χ1) is 13.1. The lowest BCUT2D eigenvalue weighted by molar-refractivity contribution is 0.571. The van der Waals surface area contributed by atoms with Gasteiger partial charge < -0.3 is 4.42 Å². The maximum absolute atomic E-state index is 12.8. The molecule has 0 aliphatic rings. The van der Waals surface area contributed by atoms with Gasteiger partial charge in [-0.15, -0.1) is 0 Å². The maximum Gasteiger partial charge on any atom is 0.275 e. The molecular formula is C20H10Cl2N2O2S. The van der Waals surface area contributed by atoms with E-state index in [2.05, 4.69) is 4.98 Å². The molecule has 0 amide bonds. The molecule has 3 aromatic heterocycles. The Morgan fingerprint density at radius 3 is 2.78 bits per heavy atom. The molecule has 0 fully saturated rings. The largest absolute Gasteiger partial charge is 0.457 e. The van der Waals surface area contributed by atoms with Crippen LogP contribution in [0.15, 0.2) is 63.8 Å². The molecule has 0 saturated carbocycles. The second-order valence-corrected chi connectivity index (χ2v) is 7.73. The van der Waals surface area contributed by atoms with Crippen LogP contribution >= 0.6 is 34.5 Å². The molecule has 4 nitrogen and oxygen atoms in total. The van der Waals surface area contributed by atoms with Crippen LogP contribution < -0.4 is 10.1 Å². The van der Waals surface area contributed by atoms with Gasteiger partial charge in [-0.2, -0.15) is 0 Å². The molecule has 0 saturated heterocycles. The number of furan rings is 1. The van der Waals surface area contributed by atoms with E-state index in [4.69, 9.17) is 27.6 Å². The van der Waals surface area contributed by atoms with E-state index in [-0.39, 0.29) is 5.56 Å². The van der Waals surface area contributed by atoms with Crippen LogP contribution in [-0.4, -0.2) is 9.38 Å². The molecule has 5 rings (SSSR count). The highest BCUT2D eigenvalue weighted by Gasteiger charge is 2.13. The Kier molecular flexibility index (Phi) is 3.82. The molecule has 27 heavy (non-hydrogen) atoms. The normalized spacial score (nSPS) is 12.4. The average molecular weight is 413 g/mol. The van der Waals surface area contributed by atoms with E-state index in [0.29, 0.717) is 36.6 Å². The highest BCUT2D eigenvalue weighted by molar-refractivity contribution is 7.15. The van der Waals surface area contributed by atoms with Crippen LogP contribution in [0.5, 0.6) is 0 Å². The quantitative estimate of drug-likeness (QED) is 0.408. The van der Waals surface area contributed by atoms with Crippen molar-refractivity contribution >= 4 is 56.6 Å². The summed E-state index contributed by atoms with van der Waals surface area (Å²) in [6, 6.07) is 16.6. The van der Waals surface area contributed by atoms with Gasteiger partial charge in [0.25, 0.3) is 5.56 Å². The Hall–Kier alpha value is -2.60. The molecule has 0 radical (unpaired) electrons. The summed E-state index contributed by atoms with van der Waals surface area (Å²) in [5, 5.41) is 0.898. The summed E-state index contributed by atoms with van der Waals surface area (Å²) in [6.45, 7) is 0. The minimum Gasteiger partial charge on any atom is -0.457 e. The van der Waals surface area contributed by atoms with Gasteiger partial charge in [0.1, 0.15) is 16.1 Å². The number of halogens is 2. The second-order valence-electron chi connectivity index (χ2n) is 5.94. The van der Waals surface area contributed by atoms with Gasteiger partial charge in [0.15, 0.2) is 4.96 Å². The van der Waals surface area contributed by atoms with Gasteiger partial charge in [0.05, 0.1) is 21.1 Å². The lowest BCUT2D eigenvalue weighted by Crippen LogP contribution is -2.22. The van der Waals surface area contributed by atoms with Crippen molar-refractivity contribution in [3.8, 4) is 11.3 Å². The van der Waals surface area contributed by atoms with E-state index in [9.17, 15) is 4.79 Å². The van der Waals surface area contributed by atoms with Crippen molar-refractivity contribution in [2.24, 2.45) is 0 Å². The fourth-order valence-electron chi connectivity index (χ4n) is 3.01. The fourth-order valence-corrected chi connectivity index (χ4v) is 4.37. The Bertz CT molecular complexity index is 1430. The monoisotopic (exact) mass is 412 g/mol. The van der Waals surface area contributed by atoms with E-state index < -0.39 is 0 Å². The molecule has 0 spiro atoms. The molecule has 7 heteroatoms. The molecule has 0 unspecified atom stereocenters. The van der Waals surface area contributed by atoms with Crippen molar-refractivity contribution in [1.82, 2.24) is 9.38 Å². The molecule has 0 N–H and O–H groups in total. The first kappa shape index (κ1) is 16.6. The van der Waals surface area contributed by atoms with Crippen LogP contribution in [0.25, 0.3) is 33.4 Å². The molecular weight excluding hydrogens is 403 g/mol. The Morgan fingerprint density at radius 2 is 1.89 bits per heavy atom. The molecule has 0 aliphatic carbocycles. The highest BCUT2D eigenvalue weighted by atomic mass is 35.5. The summed E-state index contributed by atoms with van der Waals surface area (Å²) < 4.78 is 8.05. The zero-order valence-corrected chi connectivity index (χ0v) is 16.0. The zero-order valence-electron chi connectivity index (χ0n) is 13.6. The van der Waals surface area contributed by atoms with Crippen molar-refractivity contribution in [2.75, 3.05) is 0 Å². The van der Waals surface area contributed by atoms with Gasteiger partial charge in [-0.1, -0.05) is 52.7 Å². The van der Waals surface area contributed by atoms with Crippen LogP contribution in [0.3, 0.4) is 0 Å². The Balaban J connectivity index is 1.64. The summed E-state index contributed by atoms with van der Waals surface area (Å²) in [6.07, 6.45) is 1.72. The molecule has 0 bridgehead atoms. The van der Waals surface area contributed by atoms with Gasteiger partial charge in [-0.25, -0.2) is 9.38 Å². The van der Waals surface area contributed by atoms with Crippen LogP contribution in [0.1, 0.15) is 5.76 Å². The highest BCUT2D eigenvalue weighted by Crippen LogP contribution is 2.34. The molecule has 5 aromatic rings. The van der Waals surface area contributed by atoms with E-state index in [0.717, 1.165) is 11.0 Å². The number of para-hydroxylation sites is 2. The van der Waals surface area contributed by atoms with Crippen molar-refractivity contribution < 1.29 is 4.42 Å². The molecule has 3 heterocycles. The van der Waals surface area contributed by atoms with Gasteiger partial charge in [-0.3, -0.25) is 4.79 Å². The number of rotatable bonds is 2. The second kappa shape index (κ2) is 6.23. The van der Waals surface area contributed by atoms with E-state index >= 15 is 0 Å². The SMILES string of the molecule is O=c1/c(=C\c2ccc(-c3cccc(Cl)c3Cl)o2)sc2nc3ccccc3n12.